The number of rotatable bonds is 24. The van der Waals surface area contributed by atoms with Gasteiger partial charge in [0.25, 0.3) is 0 Å². The largest absolute Gasteiger partial charge is 0.390 e. The van der Waals surface area contributed by atoms with Crippen LogP contribution in [0.5, 0.6) is 0 Å². The van der Waals surface area contributed by atoms with Crippen molar-refractivity contribution >= 4 is 0 Å². The molecule has 45 heavy (non-hydrogen) atoms. The van der Waals surface area contributed by atoms with Crippen LogP contribution in [-0.2, 0) is 21.7 Å². The van der Waals surface area contributed by atoms with E-state index in [2.05, 4.69) is 83.1 Å². The monoisotopic (exact) mass is 681 g/mol. The molecule has 0 fully saturated rings. The van der Waals surface area contributed by atoms with Crippen LogP contribution >= 0.6 is 0 Å². The van der Waals surface area contributed by atoms with Gasteiger partial charge in [-0.1, -0.05) is 160 Å². The normalized spacial score (nSPS) is 11.7. The van der Waals surface area contributed by atoms with Gasteiger partial charge >= 0.3 is 0 Å². The van der Waals surface area contributed by atoms with Crippen molar-refractivity contribution in [2.24, 2.45) is 0 Å². The number of hydrogen-bond acceptors (Lipinski definition) is 4. The van der Waals surface area contributed by atoms with Crippen LogP contribution in [0.3, 0.4) is 0 Å². The summed E-state index contributed by atoms with van der Waals surface area (Å²) in [6.45, 7) is 25.3. The quantitative estimate of drug-likeness (QED) is 0.0604. The van der Waals surface area contributed by atoms with Crippen molar-refractivity contribution in [2.45, 2.75) is 260 Å². The van der Waals surface area contributed by atoms with E-state index < -0.39 is 0 Å². The summed E-state index contributed by atoms with van der Waals surface area (Å²) in [6.07, 6.45) is 25.8. The van der Waals surface area contributed by atoms with Gasteiger partial charge in [-0.25, -0.2) is 0 Å². The minimum absolute atomic E-state index is 0. The van der Waals surface area contributed by atoms with E-state index in [4.69, 9.17) is 0 Å². The van der Waals surface area contributed by atoms with E-state index in [1.54, 1.807) is 0 Å². The second kappa shape index (κ2) is 35.9. The van der Waals surface area contributed by atoms with Gasteiger partial charge in [-0.05, 0) is 77.0 Å². The Hall–Kier alpha value is 0.554. The summed E-state index contributed by atoms with van der Waals surface area (Å²) in [5.41, 5.74) is -1.46. The second-order valence-corrected chi connectivity index (χ2v) is 13.6. The fourth-order valence-corrected chi connectivity index (χ4v) is 5.23. The van der Waals surface area contributed by atoms with Gasteiger partial charge in [0.05, 0.1) is 22.4 Å². The third-order valence-corrected chi connectivity index (χ3v) is 10.2. The van der Waals surface area contributed by atoms with E-state index in [0.717, 1.165) is 77.0 Å². The average molecular weight is 681 g/mol. The predicted molar refractivity (Wildman–Crippen MR) is 199 cm³/mol. The molecule has 0 unspecified atom stereocenters. The summed E-state index contributed by atoms with van der Waals surface area (Å²) in [6, 6.07) is 0. The number of hydrogen-bond donors (Lipinski definition) is 4. The molecule has 5 heteroatoms. The molecule has 0 aromatic rings. The van der Waals surface area contributed by atoms with E-state index in [9.17, 15) is 20.4 Å². The van der Waals surface area contributed by atoms with Gasteiger partial charge in [0, 0.05) is 21.7 Å². The fraction of sp³-hybridized carbons (Fsp3) is 1.00. The molecular weight excluding hydrogens is 592 g/mol. The molecular formula is C40H88O4Ti. The molecule has 4 nitrogen and oxygen atoms in total. The summed E-state index contributed by atoms with van der Waals surface area (Å²) in [5, 5.41) is 39.4. The molecule has 0 saturated carbocycles. The van der Waals surface area contributed by atoms with Gasteiger partial charge in [-0.2, -0.15) is 0 Å². The summed E-state index contributed by atoms with van der Waals surface area (Å²) >= 11 is 0. The van der Waals surface area contributed by atoms with Gasteiger partial charge < -0.3 is 20.4 Å². The Kier molecular flexibility index (Phi) is 43.8. The zero-order valence-electron chi connectivity index (χ0n) is 33.3. The molecule has 0 amide bonds. The summed E-state index contributed by atoms with van der Waals surface area (Å²) in [4.78, 5) is 0. The summed E-state index contributed by atoms with van der Waals surface area (Å²) < 4.78 is 0. The standard InChI is InChI=1S/4C10H22O.Ti/c4*1-4-7-8-9-10(11,5-2)6-3;/h4*11H,4-9H2,1-3H3;. The number of unbranched alkanes of at least 4 members (excludes halogenated alkanes) is 8. The summed E-state index contributed by atoms with van der Waals surface area (Å²) in [5.74, 6) is 0. The van der Waals surface area contributed by atoms with E-state index >= 15 is 0 Å². The molecule has 276 valence electrons. The van der Waals surface area contributed by atoms with Crippen molar-refractivity contribution in [1.82, 2.24) is 0 Å². The van der Waals surface area contributed by atoms with Crippen LogP contribution in [-0.4, -0.2) is 42.8 Å². The minimum atomic E-state index is -0.366. The molecule has 0 aliphatic rings. The van der Waals surface area contributed by atoms with Gasteiger partial charge in [0.1, 0.15) is 0 Å². The first-order chi connectivity index (χ1) is 20.7. The van der Waals surface area contributed by atoms with E-state index in [1.807, 2.05) is 0 Å². The third-order valence-electron chi connectivity index (χ3n) is 10.2. The van der Waals surface area contributed by atoms with E-state index in [0.29, 0.717) is 0 Å². The number of aliphatic hydroxyl groups is 4. The molecule has 0 aromatic carbocycles. The Labute approximate surface area is 300 Å². The third kappa shape index (κ3) is 34.2. The molecule has 0 aliphatic heterocycles. The van der Waals surface area contributed by atoms with Crippen molar-refractivity contribution < 1.29 is 42.1 Å². The van der Waals surface area contributed by atoms with Crippen LogP contribution in [0, 0.1) is 0 Å². The first-order valence-corrected chi connectivity index (χ1v) is 19.6. The molecule has 0 aliphatic carbocycles. The van der Waals surface area contributed by atoms with Crippen molar-refractivity contribution in [2.75, 3.05) is 0 Å². The Morgan fingerprint density at radius 2 is 0.400 bits per heavy atom. The molecule has 0 aromatic heterocycles. The smallest absolute Gasteiger partial charge is 0.0642 e. The first-order valence-electron chi connectivity index (χ1n) is 19.6. The minimum Gasteiger partial charge on any atom is -0.390 e. The zero-order valence-corrected chi connectivity index (χ0v) is 34.8. The molecule has 0 spiro atoms. The van der Waals surface area contributed by atoms with Crippen molar-refractivity contribution in [1.29, 1.82) is 0 Å². The van der Waals surface area contributed by atoms with Gasteiger partial charge in [0.15, 0.2) is 0 Å². The van der Waals surface area contributed by atoms with Gasteiger partial charge in [-0.3, -0.25) is 0 Å². The van der Waals surface area contributed by atoms with Crippen molar-refractivity contribution in [3.63, 3.8) is 0 Å². The Morgan fingerprint density at radius 1 is 0.267 bits per heavy atom. The second-order valence-electron chi connectivity index (χ2n) is 13.6. The van der Waals surface area contributed by atoms with Crippen molar-refractivity contribution in [3.8, 4) is 0 Å². The average Bonchev–Trinajstić information content (AvgIpc) is 3.05. The van der Waals surface area contributed by atoms with Gasteiger partial charge in [0.2, 0.25) is 0 Å². The maximum atomic E-state index is 9.86. The molecule has 4 N–H and O–H groups in total. The SMILES string of the molecule is CCCCCC(O)(CC)CC.CCCCCC(O)(CC)CC.CCCCCC(O)(CC)CC.CCCCCC(O)(CC)CC.[Ti]. The molecule has 0 atom stereocenters. The molecule has 0 bridgehead atoms. The van der Waals surface area contributed by atoms with Crippen LogP contribution in [0.1, 0.15) is 237 Å². The van der Waals surface area contributed by atoms with Crippen molar-refractivity contribution in [3.05, 3.63) is 0 Å². The molecule has 0 heterocycles. The predicted octanol–water partition coefficient (Wildman–Crippen LogP) is 12.5. The van der Waals surface area contributed by atoms with Crippen LogP contribution in [0.4, 0.5) is 0 Å². The maximum Gasteiger partial charge on any atom is 0.0642 e. The Morgan fingerprint density at radius 3 is 0.489 bits per heavy atom. The topological polar surface area (TPSA) is 80.9 Å². The molecule has 0 saturated heterocycles. The molecule has 0 rings (SSSR count). The van der Waals surface area contributed by atoms with E-state index in [1.165, 1.54) is 77.0 Å². The van der Waals surface area contributed by atoms with Crippen LogP contribution < -0.4 is 0 Å². The Balaban J connectivity index is -0.000000157. The van der Waals surface area contributed by atoms with E-state index in [-0.39, 0.29) is 44.1 Å². The van der Waals surface area contributed by atoms with Crippen LogP contribution in [0.25, 0.3) is 0 Å². The first kappa shape index (κ1) is 55.0. The van der Waals surface area contributed by atoms with Gasteiger partial charge in [-0.15, -0.1) is 0 Å². The maximum absolute atomic E-state index is 9.86. The zero-order chi connectivity index (χ0) is 35.0. The van der Waals surface area contributed by atoms with Crippen LogP contribution in [0.2, 0.25) is 0 Å². The van der Waals surface area contributed by atoms with Crippen LogP contribution in [0.15, 0.2) is 0 Å². The molecule has 0 radical (unpaired) electrons. The fourth-order valence-electron chi connectivity index (χ4n) is 5.23. The summed E-state index contributed by atoms with van der Waals surface area (Å²) in [7, 11) is 0. The Bertz CT molecular complexity index is 442.